The van der Waals surface area contributed by atoms with Crippen LogP contribution in [0.2, 0.25) is 0 Å². The van der Waals surface area contributed by atoms with E-state index in [1.807, 2.05) is 0 Å². The number of nitriles is 2. The summed E-state index contributed by atoms with van der Waals surface area (Å²) in [6.07, 6.45) is 12.8. The summed E-state index contributed by atoms with van der Waals surface area (Å²) in [5.41, 5.74) is -0.949. The third-order valence-electron chi connectivity index (χ3n) is 4.22. The SMILES string of the molecule is CC1(C(=O)O)C=CC=C(C(=O)O)C1.CCCCN1CCCC1.N#CNC#N. The zero-order valence-corrected chi connectivity index (χ0v) is 15.9. The lowest BCUT2D eigenvalue weighted by Crippen LogP contribution is -2.28. The van der Waals surface area contributed by atoms with Crippen molar-refractivity contribution in [3.8, 4) is 12.4 Å². The molecule has 8 nitrogen and oxygen atoms in total. The minimum atomic E-state index is -1.08. The van der Waals surface area contributed by atoms with Crippen LogP contribution in [-0.2, 0) is 9.59 Å². The number of allylic oxidation sites excluding steroid dienone is 2. The van der Waals surface area contributed by atoms with Crippen molar-refractivity contribution >= 4 is 11.9 Å². The molecule has 0 aromatic carbocycles. The molecule has 3 N–H and O–H groups in total. The number of carbonyl (C=O) groups is 2. The number of rotatable bonds is 5. The van der Waals surface area contributed by atoms with Crippen LogP contribution in [0.5, 0.6) is 0 Å². The number of nitrogens with zero attached hydrogens (tertiary/aromatic N) is 3. The highest BCUT2D eigenvalue weighted by atomic mass is 16.4. The van der Waals surface area contributed by atoms with Crippen LogP contribution >= 0.6 is 0 Å². The number of hydrogen-bond acceptors (Lipinski definition) is 6. The molecule has 2 rings (SSSR count). The Balaban J connectivity index is 0.000000419. The molecular weight excluding hydrogens is 348 g/mol. The highest BCUT2D eigenvalue weighted by Gasteiger charge is 2.34. The lowest BCUT2D eigenvalue weighted by atomic mass is 9.80. The van der Waals surface area contributed by atoms with Crippen LogP contribution in [0.3, 0.4) is 0 Å². The zero-order chi connectivity index (χ0) is 20.7. The number of carboxylic acids is 2. The number of likely N-dealkylation sites (tertiary alicyclic amines) is 1. The van der Waals surface area contributed by atoms with Crippen molar-refractivity contribution in [2.24, 2.45) is 5.41 Å². The number of carboxylic acid groups (broad SMARTS) is 2. The van der Waals surface area contributed by atoms with Gasteiger partial charge < -0.3 is 15.1 Å². The fourth-order valence-electron chi connectivity index (χ4n) is 2.60. The molecule has 1 aliphatic carbocycles. The second-order valence-corrected chi connectivity index (χ2v) is 6.51. The molecule has 1 heterocycles. The third-order valence-corrected chi connectivity index (χ3v) is 4.22. The van der Waals surface area contributed by atoms with Gasteiger partial charge in [0.15, 0.2) is 12.4 Å². The largest absolute Gasteiger partial charge is 0.481 e. The Morgan fingerprint density at radius 3 is 2.26 bits per heavy atom. The number of unbranched alkanes of at least 4 members (excludes halogenated alkanes) is 1. The summed E-state index contributed by atoms with van der Waals surface area (Å²) in [6, 6.07) is 0. The molecule has 0 spiro atoms. The molecule has 0 amide bonds. The van der Waals surface area contributed by atoms with Gasteiger partial charge in [-0.2, -0.15) is 10.5 Å². The zero-order valence-electron chi connectivity index (χ0n) is 15.9. The molecule has 0 saturated carbocycles. The number of hydrogen-bond donors (Lipinski definition) is 3. The highest BCUT2D eigenvalue weighted by molar-refractivity contribution is 5.90. The maximum atomic E-state index is 10.8. The van der Waals surface area contributed by atoms with Crippen molar-refractivity contribution in [3.05, 3.63) is 23.8 Å². The molecule has 1 unspecified atom stereocenters. The van der Waals surface area contributed by atoms with E-state index in [0.717, 1.165) is 0 Å². The summed E-state index contributed by atoms with van der Waals surface area (Å²) in [5, 5.41) is 34.2. The Morgan fingerprint density at radius 2 is 1.85 bits per heavy atom. The molecule has 0 aromatic rings. The Kier molecular flexibility index (Phi) is 12.0. The molecule has 0 radical (unpaired) electrons. The van der Waals surface area contributed by atoms with Gasteiger partial charge in [0.2, 0.25) is 0 Å². The van der Waals surface area contributed by atoms with Gasteiger partial charge in [-0.25, -0.2) is 10.1 Å². The van der Waals surface area contributed by atoms with Crippen LogP contribution in [-0.4, -0.2) is 46.7 Å². The monoisotopic (exact) mass is 376 g/mol. The van der Waals surface area contributed by atoms with Gasteiger partial charge in [0.1, 0.15) is 0 Å². The molecule has 1 saturated heterocycles. The first-order valence-corrected chi connectivity index (χ1v) is 8.91. The van der Waals surface area contributed by atoms with Gasteiger partial charge in [0, 0.05) is 5.57 Å². The van der Waals surface area contributed by atoms with Crippen LogP contribution in [0, 0.1) is 28.3 Å². The van der Waals surface area contributed by atoms with E-state index >= 15 is 0 Å². The molecule has 0 aromatic heterocycles. The van der Waals surface area contributed by atoms with Crippen molar-refractivity contribution < 1.29 is 19.8 Å². The standard InChI is InChI=1S/C9H10O4.C8H17N.C2HN3/c1-9(8(12)13)4-2-3-6(5-9)7(10)11;1-2-3-6-9-7-4-5-8-9;3-1-5-2-4/h2-4H,5H2,1H3,(H,10,11)(H,12,13);2-8H2,1H3;5H. The van der Waals surface area contributed by atoms with E-state index in [1.54, 1.807) is 5.32 Å². The average Bonchev–Trinajstić information content (AvgIpc) is 3.15. The van der Waals surface area contributed by atoms with Crippen LogP contribution < -0.4 is 5.32 Å². The average molecular weight is 376 g/mol. The minimum Gasteiger partial charge on any atom is -0.481 e. The van der Waals surface area contributed by atoms with E-state index in [0.29, 0.717) is 0 Å². The van der Waals surface area contributed by atoms with Gasteiger partial charge in [0.25, 0.3) is 0 Å². The maximum absolute atomic E-state index is 10.8. The summed E-state index contributed by atoms with van der Waals surface area (Å²) >= 11 is 0. The lowest BCUT2D eigenvalue weighted by molar-refractivity contribution is -0.145. The van der Waals surface area contributed by atoms with Gasteiger partial charge in [-0.3, -0.25) is 4.79 Å². The summed E-state index contributed by atoms with van der Waals surface area (Å²) in [4.78, 5) is 23.9. The Morgan fingerprint density at radius 1 is 1.26 bits per heavy atom. The van der Waals surface area contributed by atoms with Crippen LogP contribution in [0.1, 0.15) is 46.0 Å². The molecule has 2 aliphatic rings. The quantitative estimate of drug-likeness (QED) is 0.491. The smallest absolute Gasteiger partial charge is 0.331 e. The van der Waals surface area contributed by atoms with E-state index in [2.05, 4.69) is 11.8 Å². The first kappa shape index (κ1) is 24.2. The maximum Gasteiger partial charge on any atom is 0.331 e. The Labute approximate surface area is 160 Å². The first-order chi connectivity index (χ1) is 12.8. The van der Waals surface area contributed by atoms with Crippen molar-refractivity contribution in [1.29, 1.82) is 10.5 Å². The van der Waals surface area contributed by atoms with Crippen LogP contribution in [0.25, 0.3) is 0 Å². The van der Waals surface area contributed by atoms with E-state index in [9.17, 15) is 9.59 Å². The molecule has 1 fully saturated rings. The Bertz CT molecular complexity index is 613. The molecule has 27 heavy (non-hydrogen) atoms. The summed E-state index contributed by atoms with van der Waals surface area (Å²) < 4.78 is 0. The van der Waals surface area contributed by atoms with Crippen molar-refractivity contribution in [1.82, 2.24) is 10.2 Å². The van der Waals surface area contributed by atoms with Crippen LogP contribution in [0.15, 0.2) is 23.8 Å². The van der Waals surface area contributed by atoms with Crippen molar-refractivity contribution in [3.63, 3.8) is 0 Å². The second kappa shape index (κ2) is 13.4. The van der Waals surface area contributed by atoms with Gasteiger partial charge in [-0.1, -0.05) is 31.6 Å². The number of aliphatic carboxylic acids is 2. The molecular formula is C19H28N4O4. The summed E-state index contributed by atoms with van der Waals surface area (Å²) in [7, 11) is 0. The van der Waals surface area contributed by atoms with Gasteiger partial charge in [0.05, 0.1) is 5.41 Å². The topological polar surface area (TPSA) is 137 Å². The van der Waals surface area contributed by atoms with Gasteiger partial charge in [-0.15, -0.1) is 0 Å². The number of nitrogens with one attached hydrogen (secondary N) is 1. The molecule has 1 atom stereocenters. The minimum absolute atomic E-state index is 0.0359. The summed E-state index contributed by atoms with van der Waals surface area (Å²) in [6.45, 7) is 7.83. The molecule has 0 bridgehead atoms. The van der Waals surface area contributed by atoms with E-state index in [-0.39, 0.29) is 12.0 Å². The van der Waals surface area contributed by atoms with E-state index in [4.69, 9.17) is 20.7 Å². The van der Waals surface area contributed by atoms with Gasteiger partial charge >= 0.3 is 11.9 Å². The van der Waals surface area contributed by atoms with E-state index < -0.39 is 17.4 Å². The molecule has 1 aliphatic heterocycles. The van der Waals surface area contributed by atoms with Crippen molar-refractivity contribution in [2.75, 3.05) is 19.6 Å². The molecule has 148 valence electrons. The summed E-state index contributed by atoms with van der Waals surface area (Å²) in [5.74, 6) is -2.06. The fraction of sp³-hybridized carbons (Fsp3) is 0.579. The molecule has 8 heteroatoms. The first-order valence-electron chi connectivity index (χ1n) is 8.91. The second-order valence-electron chi connectivity index (χ2n) is 6.51. The predicted octanol–water partition coefficient (Wildman–Crippen LogP) is 2.47. The highest BCUT2D eigenvalue weighted by Crippen LogP contribution is 2.31. The third kappa shape index (κ3) is 10.0. The van der Waals surface area contributed by atoms with Crippen molar-refractivity contribution in [2.45, 2.75) is 46.0 Å². The Hall–Kier alpha value is -2.84. The normalized spacial score (nSPS) is 20.5. The van der Waals surface area contributed by atoms with Gasteiger partial charge in [-0.05, 0) is 52.2 Å². The lowest BCUT2D eigenvalue weighted by Gasteiger charge is -2.23. The van der Waals surface area contributed by atoms with E-state index in [1.165, 1.54) is 82.9 Å². The predicted molar refractivity (Wildman–Crippen MR) is 100 cm³/mol. The van der Waals surface area contributed by atoms with Crippen LogP contribution in [0.4, 0.5) is 0 Å². The fourth-order valence-corrected chi connectivity index (χ4v) is 2.60.